The molecule has 0 bridgehead atoms. The molecule has 1 aliphatic heterocycles. The molecule has 64 valence electrons. The number of hydrogen-bond acceptors (Lipinski definition) is 2. The van der Waals surface area contributed by atoms with Crippen LogP contribution in [0, 0.1) is 5.82 Å². The molecule has 0 unspecified atom stereocenters. The summed E-state index contributed by atoms with van der Waals surface area (Å²) in [6.45, 7) is 1.26. The average Bonchev–Trinajstić information content (AvgIpc) is 2.04. The van der Waals surface area contributed by atoms with Gasteiger partial charge in [0.1, 0.15) is 12.4 Å². The molecule has 1 aromatic rings. The number of anilines is 1. The summed E-state index contributed by atoms with van der Waals surface area (Å²) in [6, 6.07) is 2.62. The Labute approximate surface area is 74.3 Å². The van der Waals surface area contributed by atoms with Gasteiger partial charge in [-0.05, 0) is 6.07 Å². The Kier molecular flexibility index (Phi) is 1.81. The van der Waals surface area contributed by atoms with E-state index in [0.717, 1.165) is 0 Å². The van der Waals surface area contributed by atoms with E-state index in [2.05, 4.69) is 5.32 Å². The molecule has 1 aromatic carbocycles. The van der Waals surface area contributed by atoms with E-state index in [1.807, 2.05) is 0 Å². The fourth-order valence-corrected chi connectivity index (χ4v) is 1.44. The Morgan fingerprint density at radius 1 is 1.50 bits per heavy atom. The first-order valence-corrected chi connectivity index (χ1v) is 4.01. The molecule has 2 rings (SSSR count). The zero-order valence-electron chi connectivity index (χ0n) is 6.23. The molecule has 0 aromatic heterocycles. The number of halogens is 2. The van der Waals surface area contributed by atoms with Crippen LogP contribution in [0.4, 0.5) is 10.1 Å². The van der Waals surface area contributed by atoms with Crippen LogP contribution in [0.2, 0.25) is 5.02 Å². The highest BCUT2D eigenvalue weighted by Crippen LogP contribution is 2.35. The summed E-state index contributed by atoms with van der Waals surface area (Å²) in [5.74, 6) is 0.195. The molecule has 1 N–H and O–H groups in total. The Morgan fingerprint density at radius 2 is 2.33 bits per heavy atom. The molecule has 0 aliphatic carbocycles. The summed E-state index contributed by atoms with van der Waals surface area (Å²) in [7, 11) is 0. The summed E-state index contributed by atoms with van der Waals surface area (Å²) in [4.78, 5) is 0. The SMILES string of the molecule is Fc1cc(Cl)c2c(c1)NCCO2. The third-order valence-electron chi connectivity index (χ3n) is 1.67. The zero-order chi connectivity index (χ0) is 8.55. The molecule has 0 radical (unpaired) electrons. The molecule has 0 atom stereocenters. The predicted molar refractivity (Wildman–Crippen MR) is 45.4 cm³/mol. The van der Waals surface area contributed by atoms with Crippen molar-refractivity contribution >= 4 is 17.3 Å². The highest BCUT2D eigenvalue weighted by atomic mass is 35.5. The van der Waals surface area contributed by atoms with Gasteiger partial charge in [0.05, 0.1) is 10.7 Å². The van der Waals surface area contributed by atoms with Gasteiger partial charge in [0.2, 0.25) is 0 Å². The van der Waals surface area contributed by atoms with E-state index in [-0.39, 0.29) is 5.82 Å². The molecular weight excluding hydrogens is 181 g/mol. The van der Waals surface area contributed by atoms with Crippen LogP contribution < -0.4 is 10.1 Å². The van der Waals surface area contributed by atoms with Crippen molar-refractivity contribution in [2.75, 3.05) is 18.5 Å². The Bertz CT molecular complexity index is 316. The second-order valence-corrected chi connectivity index (χ2v) is 2.95. The van der Waals surface area contributed by atoms with Gasteiger partial charge in [0.15, 0.2) is 5.75 Å². The number of benzene rings is 1. The smallest absolute Gasteiger partial charge is 0.161 e. The topological polar surface area (TPSA) is 21.3 Å². The van der Waals surface area contributed by atoms with Crippen LogP contribution in [-0.4, -0.2) is 13.2 Å². The normalized spacial score (nSPS) is 14.5. The predicted octanol–water partition coefficient (Wildman–Crippen LogP) is 2.28. The van der Waals surface area contributed by atoms with Gasteiger partial charge in [-0.15, -0.1) is 0 Å². The monoisotopic (exact) mass is 187 g/mol. The fraction of sp³-hybridized carbons (Fsp3) is 0.250. The second-order valence-electron chi connectivity index (χ2n) is 2.54. The van der Waals surface area contributed by atoms with E-state index in [9.17, 15) is 4.39 Å². The largest absolute Gasteiger partial charge is 0.488 e. The minimum absolute atomic E-state index is 0.317. The first kappa shape index (κ1) is 7.68. The minimum Gasteiger partial charge on any atom is -0.488 e. The van der Waals surface area contributed by atoms with E-state index in [1.54, 1.807) is 0 Å². The van der Waals surface area contributed by atoms with Gasteiger partial charge in [-0.3, -0.25) is 0 Å². The van der Waals surface area contributed by atoms with E-state index in [0.29, 0.717) is 29.6 Å². The number of rotatable bonds is 0. The van der Waals surface area contributed by atoms with Crippen LogP contribution in [0.15, 0.2) is 12.1 Å². The lowest BCUT2D eigenvalue weighted by Gasteiger charge is -2.19. The third-order valence-corrected chi connectivity index (χ3v) is 1.95. The molecule has 4 heteroatoms. The van der Waals surface area contributed by atoms with Gasteiger partial charge in [-0.2, -0.15) is 0 Å². The van der Waals surface area contributed by atoms with Crippen molar-refractivity contribution in [3.63, 3.8) is 0 Å². The Balaban J connectivity index is 2.53. The highest BCUT2D eigenvalue weighted by Gasteiger charge is 2.14. The maximum atomic E-state index is 12.8. The van der Waals surface area contributed by atoms with Crippen LogP contribution in [0.25, 0.3) is 0 Å². The van der Waals surface area contributed by atoms with E-state index < -0.39 is 0 Å². The maximum absolute atomic E-state index is 12.8. The van der Waals surface area contributed by atoms with Crippen molar-refractivity contribution in [2.45, 2.75) is 0 Å². The maximum Gasteiger partial charge on any atom is 0.161 e. The molecule has 1 heterocycles. The van der Waals surface area contributed by atoms with E-state index in [4.69, 9.17) is 16.3 Å². The van der Waals surface area contributed by atoms with Crippen LogP contribution >= 0.6 is 11.6 Å². The summed E-state index contributed by atoms with van der Waals surface area (Å²) in [6.07, 6.45) is 0. The standard InChI is InChI=1S/C8H7ClFNO/c9-6-3-5(10)4-7-8(6)12-2-1-11-7/h3-4,11H,1-2H2. The van der Waals surface area contributed by atoms with Crippen LogP contribution in [0.5, 0.6) is 5.75 Å². The van der Waals surface area contributed by atoms with Crippen molar-refractivity contribution in [3.8, 4) is 5.75 Å². The van der Waals surface area contributed by atoms with Gasteiger partial charge < -0.3 is 10.1 Å². The highest BCUT2D eigenvalue weighted by molar-refractivity contribution is 6.32. The summed E-state index contributed by atoms with van der Waals surface area (Å²) in [5.41, 5.74) is 0.631. The molecule has 0 saturated heterocycles. The molecule has 12 heavy (non-hydrogen) atoms. The van der Waals surface area contributed by atoms with E-state index >= 15 is 0 Å². The number of ether oxygens (including phenoxy) is 1. The molecule has 0 saturated carbocycles. The summed E-state index contributed by atoms with van der Waals surface area (Å²) in [5, 5.41) is 3.31. The molecule has 2 nitrogen and oxygen atoms in total. The quantitative estimate of drug-likeness (QED) is 0.673. The second kappa shape index (κ2) is 2.83. The zero-order valence-corrected chi connectivity index (χ0v) is 6.99. The van der Waals surface area contributed by atoms with Gasteiger partial charge in [0, 0.05) is 12.6 Å². The number of hydrogen-bond donors (Lipinski definition) is 1. The van der Waals surface area contributed by atoms with Crippen molar-refractivity contribution < 1.29 is 9.13 Å². The van der Waals surface area contributed by atoms with Crippen molar-refractivity contribution in [1.29, 1.82) is 0 Å². The molecule has 0 spiro atoms. The molecular formula is C8H7ClFNO. The van der Waals surface area contributed by atoms with Crippen molar-refractivity contribution in [1.82, 2.24) is 0 Å². The molecule has 0 fully saturated rings. The number of nitrogens with one attached hydrogen (secondary N) is 1. The van der Waals surface area contributed by atoms with Crippen LogP contribution in [-0.2, 0) is 0 Å². The average molecular weight is 188 g/mol. The van der Waals surface area contributed by atoms with Gasteiger partial charge in [0.25, 0.3) is 0 Å². The summed E-state index contributed by atoms with van der Waals surface area (Å²) < 4.78 is 18.0. The van der Waals surface area contributed by atoms with Crippen molar-refractivity contribution in [2.24, 2.45) is 0 Å². The lowest BCUT2D eigenvalue weighted by Crippen LogP contribution is -2.18. The first-order valence-electron chi connectivity index (χ1n) is 3.63. The lowest BCUT2D eigenvalue weighted by molar-refractivity contribution is 0.323. The van der Waals surface area contributed by atoms with Gasteiger partial charge in [-0.25, -0.2) is 4.39 Å². The van der Waals surface area contributed by atoms with Crippen molar-refractivity contribution in [3.05, 3.63) is 23.0 Å². The summed E-state index contributed by atoms with van der Waals surface area (Å²) >= 11 is 5.74. The molecule has 1 aliphatic rings. The third kappa shape index (κ3) is 1.20. The first-order chi connectivity index (χ1) is 5.77. The minimum atomic E-state index is -0.350. The lowest BCUT2D eigenvalue weighted by atomic mass is 10.2. The van der Waals surface area contributed by atoms with Crippen LogP contribution in [0.3, 0.4) is 0 Å². The Morgan fingerprint density at radius 3 is 3.17 bits per heavy atom. The van der Waals surface area contributed by atoms with E-state index in [1.165, 1.54) is 12.1 Å². The molecule has 0 amide bonds. The van der Waals surface area contributed by atoms with Gasteiger partial charge >= 0.3 is 0 Å². The number of fused-ring (bicyclic) bond motifs is 1. The fourth-order valence-electron chi connectivity index (χ4n) is 1.18. The van der Waals surface area contributed by atoms with Crippen LogP contribution in [0.1, 0.15) is 0 Å². The van der Waals surface area contributed by atoms with Gasteiger partial charge in [-0.1, -0.05) is 11.6 Å². The Hall–Kier alpha value is -0.960.